The van der Waals surface area contributed by atoms with E-state index in [0.29, 0.717) is 16.4 Å². The summed E-state index contributed by atoms with van der Waals surface area (Å²) in [5.41, 5.74) is 3.47. The molecule has 0 bridgehead atoms. The maximum Gasteiger partial charge on any atom is 0.272 e. The highest BCUT2D eigenvalue weighted by atomic mass is 35.5. The summed E-state index contributed by atoms with van der Waals surface area (Å²) in [6.45, 7) is 1.90. The van der Waals surface area contributed by atoms with Crippen LogP contribution in [0.1, 0.15) is 29.1 Å². The van der Waals surface area contributed by atoms with Crippen LogP contribution in [0.3, 0.4) is 0 Å². The van der Waals surface area contributed by atoms with Gasteiger partial charge in [-0.2, -0.15) is 0 Å². The zero-order valence-electron chi connectivity index (χ0n) is 14.6. The third kappa shape index (κ3) is 3.41. The quantitative estimate of drug-likeness (QED) is 0.568. The number of hydrogen-bond acceptors (Lipinski definition) is 3. The summed E-state index contributed by atoms with van der Waals surface area (Å²) in [5.74, 6) is -0.248. The van der Waals surface area contributed by atoms with Gasteiger partial charge >= 0.3 is 0 Å². The van der Waals surface area contributed by atoms with E-state index in [2.05, 4.69) is 15.3 Å². The first-order valence-electron chi connectivity index (χ1n) is 8.58. The Hall–Kier alpha value is -3.18. The van der Waals surface area contributed by atoms with Crippen LogP contribution in [-0.2, 0) is 0 Å². The molecule has 3 heterocycles. The minimum Gasteiger partial charge on any atom is -0.343 e. The molecule has 1 aromatic carbocycles. The Balaban J connectivity index is 1.75. The van der Waals surface area contributed by atoms with Crippen LogP contribution in [0.4, 0.5) is 0 Å². The molecule has 1 amide bonds. The van der Waals surface area contributed by atoms with Crippen LogP contribution < -0.4 is 5.32 Å². The number of nitrogens with zero attached hydrogens (tertiary/aromatic N) is 3. The fourth-order valence-corrected chi connectivity index (χ4v) is 3.13. The summed E-state index contributed by atoms with van der Waals surface area (Å²) in [6.07, 6.45) is 3.60. The third-order valence-electron chi connectivity index (χ3n) is 4.34. The van der Waals surface area contributed by atoms with E-state index in [1.807, 2.05) is 66.1 Å². The SMILES string of the molecule is C[C@@H](NC(=O)c1nc2ccccn2c1-c1ccc(Cl)cc1)c1ccccn1. The van der Waals surface area contributed by atoms with E-state index in [1.54, 1.807) is 18.3 Å². The molecule has 4 aromatic rings. The lowest BCUT2D eigenvalue weighted by molar-refractivity contribution is 0.0935. The smallest absolute Gasteiger partial charge is 0.272 e. The Kier molecular flexibility index (Phi) is 4.60. The lowest BCUT2D eigenvalue weighted by Gasteiger charge is -2.13. The maximum atomic E-state index is 13.0. The molecule has 5 nitrogen and oxygen atoms in total. The van der Waals surface area contributed by atoms with Gasteiger partial charge in [0, 0.05) is 23.0 Å². The van der Waals surface area contributed by atoms with Crippen molar-refractivity contribution < 1.29 is 4.79 Å². The second-order valence-electron chi connectivity index (χ2n) is 6.19. The van der Waals surface area contributed by atoms with Crippen LogP contribution in [0.5, 0.6) is 0 Å². The normalized spacial score (nSPS) is 12.1. The summed E-state index contributed by atoms with van der Waals surface area (Å²) in [6, 6.07) is 18.4. The Morgan fingerprint density at radius 2 is 1.85 bits per heavy atom. The highest BCUT2D eigenvalue weighted by Gasteiger charge is 2.22. The van der Waals surface area contributed by atoms with Crippen molar-refractivity contribution in [2.24, 2.45) is 0 Å². The molecule has 0 unspecified atom stereocenters. The molecular formula is C21H17ClN4O. The highest BCUT2D eigenvalue weighted by Crippen LogP contribution is 2.27. The molecule has 1 N–H and O–H groups in total. The number of hydrogen-bond donors (Lipinski definition) is 1. The standard InChI is InChI=1S/C21H17ClN4O/c1-14(17-6-2-4-12-23-17)24-21(27)19-20(15-8-10-16(22)11-9-15)26-13-5-3-7-18(26)25-19/h2-14H,1H3,(H,24,27)/t14-/m1/s1. The fraction of sp³-hybridized carbons (Fsp3) is 0.0952. The molecule has 27 heavy (non-hydrogen) atoms. The van der Waals surface area contributed by atoms with E-state index < -0.39 is 0 Å². The van der Waals surface area contributed by atoms with E-state index >= 15 is 0 Å². The fourth-order valence-electron chi connectivity index (χ4n) is 3.01. The van der Waals surface area contributed by atoms with Crippen molar-refractivity contribution >= 4 is 23.2 Å². The second kappa shape index (κ2) is 7.21. The van der Waals surface area contributed by atoms with Gasteiger partial charge in [0.15, 0.2) is 5.69 Å². The Bertz CT molecular complexity index is 1090. The zero-order chi connectivity index (χ0) is 18.8. The van der Waals surface area contributed by atoms with Crippen molar-refractivity contribution in [2.45, 2.75) is 13.0 Å². The number of imidazole rings is 1. The molecule has 3 aromatic heterocycles. The zero-order valence-corrected chi connectivity index (χ0v) is 15.4. The van der Waals surface area contributed by atoms with E-state index in [0.717, 1.165) is 17.0 Å². The molecule has 0 fully saturated rings. The minimum absolute atomic E-state index is 0.235. The molecule has 0 saturated carbocycles. The predicted octanol–water partition coefficient (Wildman–Crippen LogP) is 4.54. The van der Waals surface area contributed by atoms with Crippen LogP contribution in [0, 0.1) is 0 Å². The van der Waals surface area contributed by atoms with Gasteiger partial charge in [-0.15, -0.1) is 0 Å². The van der Waals surface area contributed by atoms with Gasteiger partial charge < -0.3 is 5.32 Å². The van der Waals surface area contributed by atoms with Crippen molar-refractivity contribution in [1.29, 1.82) is 0 Å². The van der Waals surface area contributed by atoms with E-state index in [1.165, 1.54) is 0 Å². The van der Waals surface area contributed by atoms with Gasteiger partial charge in [0.05, 0.1) is 17.4 Å². The number of aromatic nitrogens is 3. The Morgan fingerprint density at radius 1 is 1.07 bits per heavy atom. The topological polar surface area (TPSA) is 59.3 Å². The average Bonchev–Trinajstić information content (AvgIpc) is 3.09. The molecule has 0 aliphatic heterocycles. The molecule has 0 aliphatic carbocycles. The van der Waals surface area contributed by atoms with Crippen molar-refractivity contribution in [3.05, 3.63) is 89.5 Å². The van der Waals surface area contributed by atoms with Gasteiger partial charge in [-0.1, -0.05) is 35.9 Å². The van der Waals surface area contributed by atoms with Crippen LogP contribution in [0.25, 0.3) is 16.9 Å². The van der Waals surface area contributed by atoms with Crippen molar-refractivity contribution in [3.63, 3.8) is 0 Å². The summed E-state index contributed by atoms with van der Waals surface area (Å²) >= 11 is 6.02. The lowest BCUT2D eigenvalue weighted by Crippen LogP contribution is -2.28. The molecule has 134 valence electrons. The summed E-state index contributed by atoms with van der Waals surface area (Å²) in [7, 11) is 0. The molecule has 0 spiro atoms. The maximum absolute atomic E-state index is 13.0. The number of amides is 1. The van der Waals surface area contributed by atoms with Crippen molar-refractivity contribution in [3.8, 4) is 11.3 Å². The molecule has 4 rings (SSSR count). The molecule has 0 aliphatic rings. The van der Waals surface area contributed by atoms with E-state index in [9.17, 15) is 4.79 Å². The number of carbonyl (C=O) groups excluding carboxylic acids is 1. The lowest BCUT2D eigenvalue weighted by atomic mass is 10.1. The molecule has 0 saturated heterocycles. The number of halogens is 1. The molecule has 1 atom stereocenters. The van der Waals surface area contributed by atoms with E-state index in [4.69, 9.17) is 11.6 Å². The summed E-state index contributed by atoms with van der Waals surface area (Å²) < 4.78 is 1.91. The van der Waals surface area contributed by atoms with Crippen LogP contribution in [0.2, 0.25) is 5.02 Å². The number of benzene rings is 1. The van der Waals surface area contributed by atoms with Crippen molar-refractivity contribution in [1.82, 2.24) is 19.7 Å². The first kappa shape index (κ1) is 17.2. The molecular weight excluding hydrogens is 360 g/mol. The molecule has 0 radical (unpaired) electrons. The number of carbonyl (C=O) groups is 1. The van der Waals surface area contributed by atoms with Crippen molar-refractivity contribution in [2.75, 3.05) is 0 Å². The predicted molar refractivity (Wildman–Crippen MR) is 106 cm³/mol. The first-order valence-corrected chi connectivity index (χ1v) is 8.96. The van der Waals surface area contributed by atoms with E-state index in [-0.39, 0.29) is 11.9 Å². The van der Waals surface area contributed by atoms with Gasteiger partial charge in [0.2, 0.25) is 0 Å². The second-order valence-corrected chi connectivity index (χ2v) is 6.63. The van der Waals surface area contributed by atoms with Gasteiger partial charge in [-0.3, -0.25) is 14.2 Å². The minimum atomic E-state index is -0.248. The number of rotatable bonds is 4. The van der Waals surface area contributed by atoms with Gasteiger partial charge in [0.25, 0.3) is 5.91 Å². The van der Waals surface area contributed by atoms with Crippen LogP contribution in [0.15, 0.2) is 73.1 Å². The Morgan fingerprint density at radius 3 is 2.59 bits per heavy atom. The first-order chi connectivity index (χ1) is 13.1. The number of nitrogens with one attached hydrogen (secondary N) is 1. The summed E-state index contributed by atoms with van der Waals surface area (Å²) in [5, 5.41) is 3.63. The van der Waals surface area contributed by atoms with Crippen LogP contribution in [-0.4, -0.2) is 20.3 Å². The van der Waals surface area contributed by atoms with Crippen LogP contribution >= 0.6 is 11.6 Å². The largest absolute Gasteiger partial charge is 0.343 e. The highest BCUT2D eigenvalue weighted by molar-refractivity contribution is 6.30. The van der Waals surface area contributed by atoms with Gasteiger partial charge in [-0.25, -0.2) is 4.98 Å². The third-order valence-corrected chi connectivity index (χ3v) is 4.59. The number of pyridine rings is 2. The average molecular weight is 377 g/mol. The summed E-state index contributed by atoms with van der Waals surface area (Å²) in [4.78, 5) is 21.9. The Labute approximate surface area is 161 Å². The number of fused-ring (bicyclic) bond motifs is 1. The van der Waals surface area contributed by atoms with Gasteiger partial charge in [0.1, 0.15) is 5.65 Å². The monoisotopic (exact) mass is 376 g/mol. The van der Waals surface area contributed by atoms with Gasteiger partial charge in [-0.05, 0) is 43.3 Å². The molecule has 6 heteroatoms.